The molecule has 12 heteroatoms. The van der Waals surface area contributed by atoms with Crippen molar-refractivity contribution in [3.8, 4) is 0 Å². The number of carbonyl (C=O) groups excluding carboxylic acids is 1. The maximum atomic E-state index is 12.6. The fourth-order valence-corrected chi connectivity index (χ4v) is 4.46. The third-order valence-electron chi connectivity index (χ3n) is 6.18. The second-order valence-corrected chi connectivity index (χ2v) is 7.98. The van der Waals surface area contributed by atoms with Crippen molar-refractivity contribution in [1.82, 2.24) is 5.32 Å². The Labute approximate surface area is 186 Å². The molecule has 0 bridgehead atoms. The van der Waals surface area contributed by atoms with Gasteiger partial charge in [0.05, 0.1) is 26.9 Å². The van der Waals surface area contributed by atoms with Crippen LogP contribution < -0.4 is 5.32 Å². The van der Waals surface area contributed by atoms with Crippen LogP contribution in [0.1, 0.15) is 6.42 Å². The fourth-order valence-electron chi connectivity index (χ4n) is 4.46. The predicted molar refractivity (Wildman–Crippen MR) is 106 cm³/mol. The molecule has 3 aliphatic rings. The van der Waals surface area contributed by atoms with E-state index in [1.165, 1.54) is 7.11 Å². The van der Waals surface area contributed by atoms with E-state index >= 15 is 0 Å². The highest BCUT2D eigenvalue weighted by atomic mass is 16.8. The van der Waals surface area contributed by atoms with Crippen molar-refractivity contribution in [2.45, 2.75) is 55.9 Å². The number of carbonyl (C=O) groups is 1. The molecule has 184 valence electrons. The van der Waals surface area contributed by atoms with Gasteiger partial charge in [-0.15, -0.1) is 6.58 Å². The van der Waals surface area contributed by atoms with Crippen LogP contribution in [0.15, 0.2) is 12.7 Å². The third-order valence-corrected chi connectivity index (χ3v) is 6.18. The van der Waals surface area contributed by atoms with Gasteiger partial charge >= 0.3 is 5.97 Å². The molecule has 3 saturated heterocycles. The van der Waals surface area contributed by atoms with Crippen molar-refractivity contribution in [1.29, 1.82) is 0 Å². The van der Waals surface area contributed by atoms with Gasteiger partial charge in [0.1, 0.15) is 36.6 Å². The molecule has 0 spiro atoms. The SMILES string of the molecule is C=C[C@H]1[C@H](O[C@@H]2O[C@H](CO)[C@@H](O)[C@H](O)[C@H]2O)OC(NC)C(C(=O)OC)[C@H]1CC1OCCO1. The second-order valence-electron chi connectivity index (χ2n) is 7.98. The summed E-state index contributed by atoms with van der Waals surface area (Å²) in [4.78, 5) is 12.6. The molecule has 10 atom stereocenters. The average Bonchev–Trinajstić information content (AvgIpc) is 3.31. The van der Waals surface area contributed by atoms with E-state index in [0.717, 1.165) is 0 Å². The van der Waals surface area contributed by atoms with Crippen molar-refractivity contribution >= 4 is 5.97 Å². The van der Waals surface area contributed by atoms with Crippen LogP contribution in [0.25, 0.3) is 0 Å². The van der Waals surface area contributed by atoms with Crippen molar-refractivity contribution in [3.63, 3.8) is 0 Å². The van der Waals surface area contributed by atoms with Gasteiger partial charge in [-0.2, -0.15) is 0 Å². The number of aliphatic hydroxyl groups is 4. The smallest absolute Gasteiger partial charge is 0.313 e. The van der Waals surface area contributed by atoms with Gasteiger partial charge in [-0.1, -0.05) is 6.08 Å². The molecule has 3 fully saturated rings. The first-order valence-corrected chi connectivity index (χ1v) is 10.6. The van der Waals surface area contributed by atoms with Crippen LogP contribution in [0.4, 0.5) is 0 Å². The standard InChI is InChI=1S/C20H33NO11/c1-4-9-10(7-12-28-5-6-29-12)13(18(26)27-3)17(21-2)31-19(9)32-20-16(25)15(24)14(23)11(8-22)30-20/h4,9-17,19-25H,1,5-8H2,2-3H3/t9-,10+,11-,13?,14-,15+,16-,17?,19+,20+/m1/s1. The quantitative estimate of drug-likeness (QED) is 0.193. The molecular weight excluding hydrogens is 430 g/mol. The first kappa shape index (κ1) is 25.4. The van der Waals surface area contributed by atoms with Gasteiger partial charge in [0, 0.05) is 12.3 Å². The lowest BCUT2D eigenvalue weighted by Crippen LogP contribution is -2.62. The van der Waals surface area contributed by atoms with Crippen molar-refractivity contribution in [2.75, 3.05) is 34.0 Å². The summed E-state index contributed by atoms with van der Waals surface area (Å²) in [7, 11) is 2.90. The molecule has 0 aromatic heterocycles. The van der Waals surface area contributed by atoms with Gasteiger partial charge in [0.15, 0.2) is 18.9 Å². The van der Waals surface area contributed by atoms with Crippen LogP contribution in [-0.2, 0) is 33.2 Å². The minimum atomic E-state index is -1.60. The zero-order valence-electron chi connectivity index (χ0n) is 18.1. The lowest BCUT2D eigenvalue weighted by atomic mass is 9.75. The molecule has 0 saturated carbocycles. The second kappa shape index (κ2) is 11.3. The van der Waals surface area contributed by atoms with Gasteiger partial charge in [-0.3, -0.25) is 10.1 Å². The van der Waals surface area contributed by atoms with Gasteiger partial charge in [-0.25, -0.2) is 0 Å². The summed E-state index contributed by atoms with van der Waals surface area (Å²) in [5.41, 5.74) is 0. The summed E-state index contributed by atoms with van der Waals surface area (Å²) in [6, 6.07) is 0. The van der Waals surface area contributed by atoms with E-state index in [2.05, 4.69) is 11.9 Å². The number of esters is 1. The first-order valence-electron chi connectivity index (χ1n) is 10.6. The van der Waals surface area contributed by atoms with Crippen LogP contribution >= 0.6 is 0 Å². The molecule has 3 rings (SSSR count). The van der Waals surface area contributed by atoms with Crippen molar-refractivity contribution in [3.05, 3.63) is 12.7 Å². The van der Waals surface area contributed by atoms with Crippen LogP contribution in [0.3, 0.4) is 0 Å². The van der Waals surface area contributed by atoms with E-state index in [0.29, 0.717) is 19.6 Å². The molecule has 2 unspecified atom stereocenters. The molecule has 0 aromatic carbocycles. The highest BCUT2D eigenvalue weighted by molar-refractivity contribution is 5.73. The summed E-state index contributed by atoms with van der Waals surface area (Å²) in [5.74, 6) is -2.26. The summed E-state index contributed by atoms with van der Waals surface area (Å²) in [6.45, 7) is 4.14. The van der Waals surface area contributed by atoms with E-state index in [1.807, 2.05) is 0 Å². The Balaban J connectivity index is 1.84. The van der Waals surface area contributed by atoms with Crippen molar-refractivity contribution in [2.24, 2.45) is 17.8 Å². The Morgan fingerprint density at radius 3 is 2.38 bits per heavy atom. The molecule has 3 heterocycles. The molecule has 12 nitrogen and oxygen atoms in total. The molecule has 0 amide bonds. The van der Waals surface area contributed by atoms with Crippen LogP contribution in [0, 0.1) is 17.8 Å². The number of hydrogen-bond donors (Lipinski definition) is 5. The molecular formula is C20H33NO11. The van der Waals surface area contributed by atoms with Crippen LogP contribution in [-0.4, -0.2) is 110 Å². The number of hydrogen-bond acceptors (Lipinski definition) is 12. The van der Waals surface area contributed by atoms with E-state index in [1.54, 1.807) is 13.1 Å². The summed E-state index contributed by atoms with van der Waals surface area (Å²) >= 11 is 0. The lowest BCUT2D eigenvalue weighted by molar-refractivity contribution is -0.361. The third kappa shape index (κ3) is 5.14. The highest BCUT2D eigenvalue weighted by Crippen LogP contribution is 2.41. The van der Waals surface area contributed by atoms with Crippen molar-refractivity contribution < 1.29 is 53.6 Å². The van der Waals surface area contributed by atoms with E-state index < -0.39 is 79.8 Å². The Kier molecular flexibility index (Phi) is 8.97. The monoisotopic (exact) mass is 463 g/mol. The fraction of sp³-hybridized carbons (Fsp3) is 0.850. The average molecular weight is 463 g/mol. The normalized spacial score (nSPS) is 43.2. The van der Waals surface area contributed by atoms with Crippen LogP contribution in [0.5, 0.6) is 0 Å². The number of aliphatic hydroxyl groups excluding tert-OH is 4. The Morgan fingerprint density at radius 1 is 1.12 bits per heavy atom. The van der Waals surface area contributed by atoms with Gasteiger partial charge in [0.25, 0.3) is 0 Å². The molecule has 3 aliphatic heterocycles. The summed E-state index contributed by atoms with van der Waals surface area (Å²) < 4.78 is 33.4. The van der Waals surface area contributed by atoms with Gasteiger partial charge in [-0.05, 0) is 13.0 Å². The minimum absolute atomic E-state index is 0.326. The molecule has 0 radical (unpaired) electrons. The Morgan fingerprint density at radius 2 is 1.81 bits per heavy atom. The zero-order chi connectivity index (χ0) is 23.4. The summed E-state index contributed by atoms with van der Waals surface area (Å²) in [5, 5.41) is 42.8. The van der Waals surface area contributed by atoms with E-state index in [-0.39, 0.29) is 0 Å². The Bertz CT molecular complexity index is 629. The number of rotatable bonds is 8. The maximum absolute atomic E-state index is 12.6. The molecule has 0 aromatic rings. The number of nitrogens with one attached hydrogen (secondary N) is 1. The summed E-state index contributed by atoms with van der Waals surface area (Å²) in [6.07, 6.45) is -7.79. The van der Waals surface area contributed by atoms with E-state index in [4.69, 9.17) is 28.4 Å². The predicted octanol–water partition coefficient (Wildman–Crippen LogP) is -2.32. The minimum Gasteiger partial charge on any atom is -0.469 e. The highest BCUT2D eigenvalue weighted by Gasteiger charge is 2.52. The maximum Gasteiger partial charge on any atom is 0.313 e. The largest absolute Gasteiger partial charge is 0.469 e. The van der Waals surface area contributed by atoms with E-state index in [9.17, 15) is 25.2 Å². The molecule has 32 heavy (non-hydrogen) atoms. The van der Waals surface area contributed by atoms with Crippen LogP contribution in [0.2, 0.25) is 0 Å². The first-order chi connectivity index (χ1) is 15.4. The number of ether oxygens (including phenoxy) is 6. The zero-order valence-corrected chi connectivity index (χ0v) is 18.1. The Hall–Kier alpha value is -1.19. The topological polar surface area (TPSA) is 165 Å². The number of methoxy groups -OCH3 is 1. The van der Waals surface area contributed by atoms with Gasteiger partial charge < -0.3 is 48.8 Å². The molecule has 5 N–H and O–H groups in total. The molecule has 0 aliphatic carbocycles. The van der Waals surface area contributed by atoms with Gasteiger partial charge in [0.2, 0.25) is 0 Å². The lowest BCUT2D eigenvalue weighted by Gasteiger charge is -2.47.